The number of nitrogens with zero attached hydrogens (tertiary/aromatic N) is 1. The van der Waals surface area contributed by atoms with E-state index in [1.807, 2.05) is 24.3 Å². The van der Waals surface area contributed by atoms with Gasteiger partial charge in [0.1, 0.15) is 0 Å². The molecule has 2 aliphatic rings. The first-order chi connectivity index (χ1) is 11.0. The quantitative estimate of drug-likeness (QED) is 0.883. The summed E-state index contributed by atoms with van der Waals surface area (Å²) in [5.41, 5.74) is 1.81. The molecule has 0 amide bonds. The lowest BCUT2D eigenvalue weighted by atomic mass is 9.91. The molecule has 23 heavy (non-hydrogen) atoms. The maximum absolute atomic E-state index is 12.1. The fourth-order valence-electron chi connectivity index (χ4n) is 3.60. The second-order valence-electron chi connectivity index (χ2n) is 6.68. The third kappa shape index (κ3) is 3.70. The highest BCUT2D eigenvalue weighted by Crippen LogP contribution is 2.28. The van der Waals surface area contributed by atoms with Crippen LogP contribution in [0.1, 0.15) is 50.6 Å². The molecule has 3 rings (SSSR count). The minimum atomic E-state index is -3.15. The van der Waals surface area contributed by atoms with E-state index in [4.69, 9.17) is 0 Å². The van der Waals surface area contributed by atoms with Crippen LogP contribution in [0.25, 0.3) is 0 Å². The van der Waals surface area contributed by atoms with E-state index < -0.39 is 10.0 Å². The average Bonchev–Trinajstić information content (AvgIpc) is 2.89. The van der Waals surface area contributed by atoms with Crippen molar-refractivity contribution in [1.82, 2.24) is 5.32 Å². The van der Waals surface area contributed by atoms with Gasteiger partial charge in [0.05, 0.1) is 17.5 Å². The molecule has 1 aliphatic carbocycles. The second kappa shape index (κ2) is 6.79. The molecule has 0 spiro atoms. The SMILES string of the molecule is CC(NC1CCCCC1O)c1cccc(N2CCCS2(=O)=O)c1. The van der Waals surface area contributed by atoms with Crippen molar-refractivity contribution >= 4 is 15.7 Å². The molecule has 2 N–H and O–H groups in total. The van der Waals surface area contributed by atoms with E-state index in [-0.39, 0.29) is 23.9 Å². The van der Waals surface area contributed by atoms with E-state index in [1.54, 1.807) is 0 Å². The van der Waals surface area contributed by atoms with Gasteiger partial charge in [-0.15, -0.1) is 0 Å². The van der Waals surface area contributed by atoms with Crippen LogP contribution in [0, 0.1) is 0 Å². The zero-order valence-corrected chi connectivity index (χ0v) is 14.4. The molecule has 1 saturated carbocycles. The van der Waals surface area contributed by atoms with Crippen molar-refractivity contribution in [2.24, 2.45) is 0 Å². The predicted molar refractivity (Wildman–Crippen MR) is 92.0 cm³/mol. The zero-order chi connectivity index (χ0) is 16.4. The molecule has 1 saturated heterocycles. The Morgan fingerprint density at radius 3 is 2.74 bits per heavy atom. The summed E-state index contributed by atoms with van der Waals surface area (Å²) < 4.78 is 25.7. The second-order valence-corrected chi connectivity index (χ2v) is 8.70. The van der Waals surface area contributed by atoms with E-state index in [9.17, 15) is 13.5 Å². The van der Waals surface area contributed by atoms with E-state index >= 15 is 0 Å². The van der Waals surface area contributed by atoms with Crippen LogP contribution < -0.4 is 9.62 Å². The van der Waals surface area contributed by atoms with Crippen LogP contribution in [0.4, 0.5) is 5.69 Å². The van der Waals surface area contributed by atoms with Crippen LogP contribution in [0.15, 0.2) is 24.3 Å². The topological polar surface area (TPSA) is 69.6 Å². The highest BCUT2D eigenvalue weighted by molar-refractivity contribution is 7.93. The molecular weight excluding hydrogens is 312 g/mol. The maximum Gasteiger partial charge on any atom is 0.235 e. The Morgan fingerprint density at radius 1 is 1.26 bits per heavy atom. The Bertz CT molecular complexity index is 647. The fraction of sp³-hybridized carbons (Fsp3) is 0.647. The minimum Gasteiger partial charge on any atom is -0.392 e. The molecule has 2 fully saturated rings. The van der Waals surface area contributed by atoms with Crippen molar-refractivity contribution in [1.29, 1.82) is 0 Å². The van der Waals surface area contributed by atoms with E-state index in [2.05, 4.69) is 12.2 Å². The Balaban J connectivity index is 1.74. The van der Waals surface area contributed by atoms with Crippen molar-refractivity contribution in [3.8, 4) is 0 Å². The third-order valence-electron chi connectivity index (χ3n) is 4.95. The molecule has 128 valence electrons. The lowest BCUT2D eigenvalue weighted by Gasteiger charge is -2.31. The Kier molecular flexibility index (Phi) is 4.94. The summed E-state index contributed by atoms with van der Waals surface area (Å²) in [5, 5.41) is 13.6. The molecule has 1 aromatic carbocycles. The molecule has 5 nitrogen and oxygen atoms in total. The standard InChI is InChI=1S/C17H26N2O3S/c1-13(18-16-8-2-3-9-17(16)20)14-6-4-7-15(12-14)19-10-5-11-23(19,21)22/h4,6-7,12-13,16-18,20H,2-3,5,8-11H2,1H3. The summed E-state index contributed by atoms with van der Waals surface area (Å²) in [6.07, 6.45) is 4.49. The van der Waals surface area contributed by atoms with Gasteiger partial charge in [-0.3, -0.25) is 4.31 Å². The van der Waals surface area contributed by atoms with Crippen LogP contribution in [0.3, 0.4) is 0 Å². The molecule has 3 atom stereocenters. The van der Waals surface area contributed by atoms with Crippen molar-refractivity contribution in [2.45, 2.75) is 57.2 Å². The van der Waals surface area contributed by atoms with Gasteiger partial charge < -0.3 is 10.4 Å². The summed E-state index contributed by atoms with van der Waals surface area (Å²) in [4.78, 5) is 0. The summed E-state index contributed by atoms with van der Waals surface area (Å²) in [6.45, 7) is 2.63. The monoisotopic (exact) mass is 338 g/mol. The predicted octanol–water partition coefficient (Wildman–Crippen LogP) is 2.18. The summed E-state index contributed by atoms with van der Waals surface area (Å²) in [6, 6.07) is 7.94. The molecule has 3 unspecified atom stereocenters. The van der Waals surface area contributed by atoms with E-state index in [0.717, 1.165) is 36.9 Å². The normalized spacial score (nSPS) is 28.7. The van der Waals surface area contributed by atoms with Gasteiger partial charge in [0.25, 0.3) is 0 Å². The number of hydrogen-bond donors (Lipinski definition) is 2. The Labute approximate surface area is 138 Å². The summed E-state index contributed by atoms with van der Waals surface area (Å²) in [5.74, 6) is 0.235. The fourth-order valence-corrected chi connectivity index (χ4v) is 5.16. The number of rotatable bonds is 4. The molecule has 1 aromatic rings. The molecule has 0 radical (unpaired) electrons. The number of anilines is 1. The molecule has 1 aliphatic heterocycles. The minimum absolute atomic E-state index is 0.0815. The van der Waals surface area contributed by atoms with Gasteiger partial charge in [0.15, 0.2) is 0 Å². The van der Waals surface area contributed by atoms with Gasteiger partial charge in [0, 0.05) is 18.6 Å². The van der Waals surface area contributed by atoms with Gasteiger partial charge in [-0.05, 0) is 43.9 Å². The van der Waals surface area contributed by atoms with E-state index in [0.29, 0.717) is 13.0 Å². The van der Waals surface area contributed by atoms with Gasteiger partial charge in [0.2, 0.25) is 10.0 Å². The molecule has 6 heteroatoms. The number of aliphatic hydroxyl groups excluding tert-OH is 1. The van der Waals surface area contributed by atoms with Gasteiger partial charge in [-0.25, -0.2) is 8.42 Å². The van der Waals surface area contributed by atoms with Crippen molar-refractivity contribution in [3.05, 3.63) is 29.8 Å². The highest BCUT2D eigenvalue weighted by Gasteiger charge is 2.29. The number of hydrogen-bond acceptors (Lipinski definition) is 4. The lowest BCUT2D eigenvalue weighted by Crippen LogP contribution is -2.43. The molecular formula is C17H26N2O3S. The maximum atomic E-state index is 12.1. The lowest BCUT2D eigenvalue weighted by molar-refractivity contribution is 0.0860. The molecule has 0 aromatic heterocycles. The average molecular weight is 338 g/mol. The Hall–Kier alpha value is -1.11. The van der Waals surface area contributed by atoms with Crippen LogP contribution in [-0.4, -0.2) is 38.0 Å². The van der Waals surface area contributed by atoms with Gasteiger partial charge >= 0.3 is 0 Å². The number of aliphatic hydroxyl groups is 1. The first-order valence-corrected chi connectivity index (χ1v) is 10.1. The number of sulfonamides is 1. The van der Waals surface area contributed by atoms with Crippen LogP contribution in [0.2, 0.25) is 0 Å². The van der Waals surface area contributed by atoms with Crippen molar-refractivity contribution in [3.63, 3.8) is 0 Å². The smallest absolute Gasteiger partial charge is 0.235 e. The highest BCUT2D eigenvalue weighted by atomic mass is 32.2. The molecule has 0 bridgehead atoms. The Morgan fingerprint density at radius 2 is 2.04 bits per heavy atom. The third-order valence-corrected chi connectivity index (χ3v) is 6.82. The first-order valence-electron chi connectivity index (χ1n) is 8.52. The van der Waals surface area contributed by atoms with Crippen molar-refractivity contribution in [2.75, 3.05) is 16.6 Å². The van der Waals surface area contributed by atoms with Gasteiger partial charge in [-0.1, -0.05) is 25.0 Å². The summed E-state index contributed by atoms with van der Waals surface area (Å²) in [7, 11) is -3.15. The van der Waals surface area contributed by atoms with Crippen molar-refractivity contribution < 1.29 is 13.5 Å². The van der Waals surface area contributed by atoms with Crippen LogP contribution in [-0.2, 0) is 10.0 Å². The van der Waals surface area contributed by atoms with Gasteiger partial charge in [-0.2, -0.15) is 0 Å². The summed E-state index contributed by atoms with van der Waals surface area (Å²) >= 11 is 0. The zero-order valence-electron chi connectivity index (χ0n) is 13.6. The largest absolute Gasteiger partial charge is 0.392 e. The number of nitrogens with one attached hydrogen (secondary N) is 1. The molecule has 1 heterocycles. The van der Waals surface area contributed by atoms with Crippen LogP contribution >= 0.6 is 0 Å². The first kappa shape index (κ1) is 16.7. The van der Waals surface area contributed by atoms with Crippen LogP contribution in [0.5, 0.6) is 0 Å². The van der Waals surface area contributed by atoms with E-state index in [1.165, 1.54) is 4.31 Å². The number of benzene rings is 1.